The smallest absolute Gasteiger partial charge is 0.250 e. The van der Waals surface area contributed by atoms with Crippen LogP contribution in [0.3, 0.4) is 0 Å². The Morgan fingerprint density at radius 1 is 1.06 bits per heavy atom. The van der Waals surface area contributed by atoms with Gasteiger partial charge in [0, 0.05) is 35.9 Å². The number of nitrogens with one attached hydrogen (secondary N) is 1. The minimum Gasteiger partial charge on any atom is -0.342 e. The fourth-order valence-electron chi connectivity index (χ4n) is 4.87. The molecule has 2 aromatic rings. The first-order valence-corrected chi connectivity index (χ1v) is 12.3. The molecule has 34 heavy (non-hydrogen) atoms. The number of benzene rings is 2. The van der Waals surface area contributed by atoms with E-state index in [0.29, 0.717) is 49.7 Å². The number of unbranched alkanes of at least 4 members (excludes halogenated alkanes) is 1. The van der Waals surface area contributed by atoms with Crippen LogP contribution in [0, 0.1) is 0 Å². The average Bonchev–Trinajstić information content (AvgIpc) is 3.09. The van der Waals surface area contributed by atoms with Crippen LogP contribution in [0.5, 0.6) is 0 Å². The van der Waals surface area contributed by atoms with E-state index < -0.39 is 5.54 Å². The zero-order chi connectivity index (χ0) is 24.1. The highest BCUT2D eigenvalue weighted by molar-refractivity contribution is 6.30. The minimum atomic E-state index is -0.751. The summed E-state index contributed by atoms with van der Waals surface area (Å²) in [5, 5.41) is 3.36. The molecule has 1 spiro atoms. The lowest BCUT2D eigenvalue weighted by atomic mass is 9.85. The van der Waals surface area contributed by atoms with E-state index in [2.05, 4.69) is 17.1 Å². The zero-order valence-electron chi connectivity index (χ0n) is 19.5. The van der Waals surface area contributed by atoms with Gasteiger partial charge in [-0.05, 0) is 49.6 Å². The average molecular weight is 483 g/mol. The summed E-state index contributed by atoms with van der Waals surface area (Å²) in [5.74, 6) is -0.169. The summed E-state index contributed by atoms with van der Waals surface area (Å²) in [7, 11) is 0. The number of halogens is 1. The van der Waals surface area contributed by atoms with Crippen molar-refractivity contribution in [2.75, 3.05) is 36.5 Å². The number of carbonyl (C=O) groups is 3. The minimum absolute atomic E-state index is 0.0461. The number of para-hydroxylation sites is 1. The molecular formula is C26H31ClN4O3. The van der Waals surface area contributed by atoms with E-state index in [4.69, 9.17) is 11.6 Å². The number of carbonyl (C=O) groups excluding carboxylic acids is 3. The molecule has 2 aliphatic heterocycles. The summed E-state index contributed by atoms with van der Waals surface area (Å²) in [6, 6.07) is 16.8. The summed E-state index contributed by atoms with van der Waals surface area (Å²) < 4.78 is 0. The van der Waals surface area contributed by atoms with Crippen LogP contribution in [0.1, 0.15) is 39.0 Å². The Balaban J connectivity index is 1.50. The maximum absolute atomic E-state index is 13.7. The number of likely N-dealkylation sites (tertiary alicyclic amines) is 1. The van der Waals surface area contributed by atoms with E-state index in [1.54, 1.807) is 29.2 Å². The highest BCUT2D eigenvalue weighted by Gasteiger charge is 2.54. The molecule has 2 aliphatic rings. The number of piperidine rings is 1. The predicted octanol–water partition coefficient (Wildman–Crippen LogP) is 4.14. The number of hydrogen-bond donors (Lipinski definition) is 1. The number of nitrogens with zero attached hydrogens (tertiary/aromatic N) is 3. The van der Waals surface area contributed by atoms with Gasteiger partial charge in [-0.3, -0.25) is 14.4 Å². The molecule has 8 heteroatoms. The van der Waals surface area contributed by atoms with Crippen LogP contribution in [-0.4, -0.2) is 59.4 Å². The third kappa shape index (κ3) is 5.04. The first kappa shape index (κ1) is 24.1. The van der Waals surface area contributed by atoms with Gasteiger partial charge in [0.2, 0.25) is 11.8 Å². The van der Waals surface area contributed by atoms with Gasteiger partial charge in [-0.1, -0.05) is 49.2 Å². The topological polar surface area (TPSA) is 73.0 Å². The second-order valence-corrected chi connectivity index (χ2v) is 9.42. The van der Waals surface area contributed by atoms with Crippen LogP contribution in [0.15, 0.2) is 54.6 Å². The van der Waals surface area contributed by atoms with Crippen LogP contribution in [0.2, 0.25) is 5.02 Å². The predicted molar refractivity (Wildman–Crippen MR) is 134 cm³/mol. The van der Waals surface area contributed by atoms with E-state index in [0.717, 1.165) is 18.5 Å². The summed E-state index contributed by atoms with van der Waals surface area (Å²) >= 11 is 6.02. The van der Waals surface area contributed by atoms with Gasteiger partial charge in [0.25, 0.3) is 5.91 Å². The molecule has 0 atom stereocenters. The second kappa shape index (κ2) is 10.5. The van der Waals surface area contributed by atoms with Gasteiger partial charge in [0.05, 0.1) is 6.67 Å². The molecule has 0 unspecified atom stereocenters. The van der Waals surface area contributed by atoms with Crippen LogP contribution in [-0.2, 0) is 14.4 Å². The Morgan fingerprint density at radius 3 is 2.47 bits per heavy atom. The third-order valence-corrected chi connectivity index (χ3v) is 6.95. The molecule has 0 radical (unpaired) electrons. The molecule has 3 amide bonds. The van der Waals surface area contributed by atoms with Crippen molar-refractivity contribution in [1.82, 2.24) is 9.80 Å². The van der Waals surface area contributed by atoms with Gasteiger partial charge < -0.3 is 20.0 Å². The number of anilines is 2. The summed E-state index contributed by atoms with van der Waals surface area (Å²) in [4.78, 5) is 44.7. The van der Waals surface area contributed by atoms with Crippen LogP contribution in [0.4, 0.5) is 11.4 Å². The fraction of sp³-hybridized carbons (Fsp3) is 0.423. The molecule has 0 aromatic heterocycles. The molecule has 7 nitrogen and oxygen atoms in total. The van der Waals surface area contributed by atoms with Crippen molar-refractivity contribution in [2.24, 2.45) is 0 Å². The van der Waals surface area contributed by atoms with Gasteiger partial charge in [0.1, 0.15) is 12.1 Å². The monoisotopic (exact) mass is 482 g/mol. The van der Waals surface area contributed by atoms with Crippen molar-refractivity contribution in [2.45, 2.75) is 44.6 Å². The Kier molecular flexibility index (Phi) is 7.41. The van der Waals surface area contributed by atoms with Gasteiger partial charge >= 0.3 is 0 Å². The quantitative estimate of drug-likeness (QED) is 0.643. The molecule has 2 aromatic carbocycles. The van der Waals surface area contributed by atoms with E-state index in [1.807, 2.05) is 35.2 Å². The molecule has 180 valence electrons. The van der Waals surface area contributed by atoms with Crippen LogP contribution < -0.4 is 10.2 Å². The lowest BCUT2D eigenvalue weighted by Crippen LogP contribution is -2.57. The standard InChI is InChI=1S/C26H31ClN4O3/c1-2-3-12-24(33)29-15-13-26(14-16-29)25(34)30(19-31(26)22-10-5-4-6-11-22)18-23(32)28-21-9-7-8-20(27)17-21/h4-11,17H,2-3,12-16,18-19H2,1H3,(H,28,32). The highest BCUT2D eigenvalue weighted by Crippen LogP contribution is 2.39. The van der Waals surface area contributed by atoms with Crippen molar-refractivity contribution in [3.63, 3.8) is 0 Å². The Labute approximate surface area is 205 Å². The van der Waals surface area contributed by atoms with Gasteiger partial charge in [0.15, 0.2) is 0 Å². The first-order valence-electron chi connectivity index (χ1n) is 11.9. The highest BCUT2D eigenvalue weighted by atomic mass is 35.5. The first-order chi connectivity index (χ1) is 16.4. The van der Waals surface area contributed by atoms with Gasteiger partial charge in [-0.25, -0.2) is 0 Å². The molecule has 4 rings (SSSR count). The lowest BCUT2D eigenvalue weighted by Gasteiger charge is -2.43. The largest absolute Gasteiger partial charge is 0.342 e. The molecule has 0 saturated carbocycles. The molecule has 0 aliphatic carbocycles. The zero-order valence-corrected chi connectivity index (χ0v) is 20.3. The van der Waals surface area contributed by atoms with Crippen molar-refractivity contribution in [3.05, 3.63) is 59.6 Å². The van der Waals surface area contributed by atoms with E-state index in [9.17, 15) is 14.4 Å². The van der Waals surface area contributed by atoms with Crippen molar-refractivity contribution < 1.29 is 14.4 Å². The number of amides is 3. The molecular weight excluding hydrogens is 452 g/mol. The Bertz CT molecular complexity index is 1040. The summed E-state index contributed by atoms with van der Waals surface area (Å²) in [6.07, 6.45) is 3.51. The molecule has 1 N–H and O–H groups in total. The van der Waals surface area contributed by atoms with Crippen molar-refractivity contribution in [3.8, 4) is 0 Å². The summed E-state index contributed by atoms with van der Waals surface area (Å²) in [5.41, 5.74) is 0.788. The molecule has 0 bridgehead atoms. The Hall–Kier alpha value is -3.06. The second-order valence-electron chi connectivity index (χ2n) is 8.98. The SMILES string of the molecule is CCCCC(=O)N1CCC2(CC1)C(=O)N(CC(=O)Nc1cccc(Cl)c1)CN2c1ccccc1. The van der Waals surface area contributed by atoms with Crippen LogP contribution >= 0.6 is 11.6 Å². The summed E-state index contributed by atoms with van der Waals surface area (Å²) in [6.45, 7) is 3.44. The van der Waals surface area contributed by atoms with E-state index >= 15 is 0 Å². The van der Waals surface area contributed by atoms with Gasteiger partial charge in [-0.2, -0.15) is 0 Å². The molecule has 2 fully saturated rings. The Morgan fingerprint density at radius 2 is 1.79 bits per heavy atom. The van der Waals surface area contributed by atoms with E-state index in [-0.39, 0.29) is 24.3 Å². The van der Waals surface area contributed by atoms with Crippen molar-refractivity contribution in [1.29, 1.82) is 0 Å². The normalized spacial score (nSPS) is 17.4. The fourth-order valence-corrected chi connectivity index (χ4v) is 5.06. The van der Waals surface area contributed by atoms with Crippen LogP contribution in [0.25, 0.3) is 0 Å². The number of rotatable bonds is 7. The molecule has 2 saturated heterocycles. The lowest BCUT2D eigenvalue weighted by molar-refractivity contribution is -0.139. The van der Waals surface area contributed by atoms with E-state index in [1.165, 1.54) is 0 Å². The maximum Gasteiger partial charge on any atom is 0.250 e. The number of hydrogen-bond acceptors (Lipinski definition) is 4. The van der Waals surface area contributed by atoms with Gasteiger partial charge in [-0.15, -0.1) is 0 Å². The maximum atomic E-state index is 13.7. The molecule has 2 heterocycles. The third-order valence-electron chi connectivity index (χ3n) is 6.71. The van der Waals surface area contributed by atoms with Crippen molar-refractivity contribution >= 4 is 40.7 Å².